The predicted octanol–water partition coefficient (Wildman–Crippen LogP) is 3.45. The number of amides is 3. The van der Waals surface area contributed by atoms with Crippen LogP contribution in [0.3, 0.4) is 0 Å². The molecule has 1 fully saturated rings. The standard InChI is InChI=1S/C24H27N3O4/c1-15(28)25-22(17-7-8-17)23(29)27-21-12-9-18-13-19(10-11-20(18)21)26-24(30)31-14-16-5-3-2-4-6-16/h2-6,10-11,13,17,21-22H,7-9,12,14H2,1H3,(H,25,28)(H,26,30)(H,27,29)/t21-,22-/m1/s1. The molecule has 1 saturated carbocycles. The fourth-order valence-corrected chi connectivity index (χ4v) is 4.03. The van der Waals surface area contributed by atoms with Gasteiger partial charge in [-0.1, -0.05) is 36.4 Å². The van der Waals surface area contributed by atoms with Crippen LogP contribution in [-0.4, -0.2) is 23.9 Å². The molecule has 162 valence electrons. The summed E-state index contributed by atoms with van der Waals surface area (Å²) < 4.78 is 5.27. The summed E-state index contributed by atoms with van der Waals surface area (Å²) in [6.07, 6.45) is 3.03. The van der Waals surface area contributed by atoms with E-state index < -0.39 is 12.1 Å². The normalized spacial score (nSPS) is 17.9. The van der Waals surface area contributed by atoms with Gasteiger partial charge >= 0.3 is 6.09 Å². The fourth-order valence-electron chi connectivity index (χ4n) is 4.03. The molecule has 3 N–H and O–H groups in total. The van der Waals surface area contributed by atoms with Crippen LogP contribution in [0, 0.1) is 5.92 Å². The Morgan fingerprint density at radius 3 is 2.55 bits per heavy atom. The first kappa shape index (κ1) is 20.9. The first-order valence-electron chi connectivity index (χ1n) is 10.7. The van der Waals surface area contributed by atoms with Gasteiger partial charge in [-0.3, -0.25) is 14.9 Å². The molecular formula is C24H27N3O4. The van der Waals surface area contributed by atoms with E-state index in [9.17, 15) is 14.4 Å². The lowest BCUT2D eigenvalue weighted by Gasteiger charge is -2.21. The molecule has 31 heavy (non-hydrogen) atoms. The van der Waals surface area contributed by atoms with E-state index in [1.165, 1.54) is 6.92 Å². The number of fused-ring (bicyclic) bond motifs is 1. The average molecular weight is 421 g/mol. The Morgan fingerprint density at radius 2 is 1.84 bits per heavy atom. The molecule has 0 radical (unpaired) electrons. The van der Waals surface area contributed by atoms with E-state index in [2.05, 4.69) is 16.0 Å². The van der Waals surface area contributed by atoms with E-state index in [4.69, 9.17) is 4.74 Å². The van der Waals surface area contributed by atoms with E-state index >= 15 is 0 Å². The molecule has 4 rings (SSSR count). The van der Waals surface area contributed by atoms with Gasteiger partial charge in [0.15, 0.2) is 0 Å². The molecule has 0 unspecified atom stereocenters. The van der Waals surface area contributed by atoms with Gasteiger partial charge in [-0.05, 0) is 60.4 Å². The van der Waals surface area contributed by atoms with Crippen molar-refractivity contribution in [3.8, 4) is 0 Å². The van der Waals surface area contributed by atoms with E-state index in [1.807, 2.05) is 48.5 Å². The second-order valence-electron chi connectivity index (χ2n) is 8.22. The van der Waals surface area contributed by atoms with Crippen molar-refractivity contribution < 1.29 is 19.1 Å². The maximum Gasteiger partial charge on any atom is 0.411 e. The highest BCUT2D eigenvalue weighted by Gasteiger charge is 2.38. The number of benzene rings is 2. The molecule has 2 aromatic carbocycles. The van der Waals surface area contributed by atoms with E-state index in [1.54, 1.807) is 0 Å². The van der Waals surface area contributed by atoms with Crippen LogP contribution in [-0.2, 0) is 27.4 Å². The third-order valence-electron chi connectivity index (χ3n) is 5.73. The number of nitrogens with one attached hydrogen (secondary N) is 3. The summed E-state index contributed by atoms with van der Waals surface area (Å²) in [5.41, 5.74) is 3.73. The largest absolute Gasteiger partial charge is 0.444 e. The molecule has 0 spiro atoms. The van der Waals surface area contributed by atoms with Crippen LogP contribution in [0.25, 0.3) is 0 Å². The number of rotatable bonds is 7. The summed E-state index contributed by atoms with van der Waals surface area (Å²) in [6.45, 7) is 1.65. The number of anilines is 1. The second kappa shape index (κ2) is 9.20. The number of hydrogen-bond donors (Lipinski definition) is 3. The number of carbonyl (C=O) groups is 3. The van der Waals surface area contributed by atoms with Gasteiger partial charge in [-0.15, -0.1) is 0 Å². The zero-order chi connectivity index (χ0) is 21.8. The van der Waals surface area contributed by atoms with Crippen LogP contribution in [0.15, 0.2) is 48.5 Å². The maximum atomic E-state index is 12.7. The summed E-state index contributed by atoms with van der Waals surface area (Å²) in [6, 6.07) is 14.6. The number of aryl methyl sites for hydroxylation is 1. The number of carbonyl (C=O) groups excluding carboxylic acids is 3. The SMILES string of the molecule is CC(=O)N[C@@H](C(=O)N[C@@H]1CCc2cc(NC(=O)OCc3ccccc3)ccc21)C1CC1. The van der Waals surface area contributed by atoms with E-state index in [0.29, 0.717) is 5.69 Å². The Kier molecular flexibility index (Phi) is 6.21. The van der Waals surface area contributed by atoms with Gasteiger partial charge in [-0.25, -0.2) is 4.79 Å². The van der Waals surface area contributed by atoms with Crippen molar-refractivity contribution in [3.05, 3.63) is 65.2 Å². The van der Waals surface area contributed by atoms with Gasteiger partial charge < -0.3 is 15.4 Å². The van der Waals surface area contributed by atoms with Crippen molar-refractivity contribution >= 4 is 23.6 Å². The van der Waals surface area contributed by atoms with Crippen LogP contribution in [0.2, 0.25) is 0 Å². The van der Waals surface area contributed by atoms with Crippen LogP contribution >= 0.6 is 0 Å². The molecule has 2 aliphatic carbocycles. The molecule has 0 aliphatic heterocycles. The maximum absolute atomic E-state index is 12.7. The Morgan fingerprint density at radius 1 is 1.06 bits per heavy atom. The second-order valence-corrected chi connectivity index (χ2v) is 8.22. The first-order chi connectivity index (χ1) is 15.0. The van der Waals surface area contributed by atoms with Crippen LogP contribution in [0.5, 0.6) is 0 Å². The molecular weight excluding hydrogens is 394 g/mol. The zero-order valence-electron chi connectivity index (χ0n) is 17.5. The summed E-state index contributed by atoms with van der Waals surface area (Å²) in [4.78, 5) is 36.3. The van der Waals surface area contributed by atoms with Crippen molar-refractivity contribution in [1.29, 1.82) is 0 Å². The van der Waals surface area contributed by atoms with Gasteiger partial charge in [0.1, 0.15) is 12.6 Å². The monoisotopic (exact) mass is 421 g/mol. The van der Waals surface area contributed by atoms with Gasteiger partial charge in [0.25, 0.3) is 0 Å². The van der Waals surface area contributed by atoms with E-state index in [0.717, 1.165) is 42.4 Å². The summed E-state index contributed by atoms with van der Waals surface area (Å²) in [5.74, 6) is -0.0748. The van der Waals surface area contributed by atoms with Gasteiger partial charge in [0.2, 0.25) is 11.8 Å². The highest BCUT2D eigenvalue weighted by molar-refractivity contribution is 5.88. The number of hydrogen-bond acceptors (Lipinski definition) is 4. The Balaban J connectivity index is 1.33. The lowest BCUT2D eigenvalue weighted by molar-refractivity contribution is -0.129. The minimum absolute atomic E-state index is 0.0865. The Labute approximate surface area is 181 Å². The van der Waals surface area contributed by atoms with Crippen molar-refractivity contribution in [2.75, 3.05) is 5.32 Å². The molecule has 0 aromatic heterocycles. The highest BCUT2D eigenvalue weighted by atomic mass is 16.5. The summed E-state index contributed by atoms with van der Waals surface area (Å²) in [5, 5.41) is 8.64. The van der Waals surface area contributed by atoms with Crippen LogP contribution < -0.4 is 16.0 Å². The van der Waals surface area contributed by atoms with Crippen LogP contribution in [0.4, 0.5) is 10.5 Å². The molecule has 0 bridgehead atoms. The lowest BCUT2D eigenvalue weighted by Crippen LogP contribution is -2.48. The summed E-state index contributed by atoms with van der Waals surface area (Å²) in [7, 11) is 0. The molecule has 0 heterocycles. The summed E-state index contributed by atoms with van der Waals surface area (Å²) >= 11 is 0. The zero-order valence-corrected chi connectivity index (χ0v) is 17.5. The lowest BCUT2D eigenvalue weighted by atomic mass is 10.1. The van der Waals surface area contributed by atoms with Crippen molar-refractivity contribution in [3.63, 3.8) is 0 Å². The quantitative estimate of drug-likeness (QED) is 0.638. The third-order valence-corrected chi connectivity index (χ3v) is 5.73. The third kappa shape index (κ3) is 5.42. The molecule has 3 amide bonds. The van der Waals surface area contributed by atoms with Crippen molar-refractivity contribution in [2.24, 2.45) is 5.92 Å². The van der Waals surface area contributed by atoms with Gasteiger partial charge in [0, 0.05) is 12.6 Å². The smallest absolute Gasteiger partial charge is 0.411 e. The Bertz CT molecular complexity index is 972. The molecule has 2 aromatic rings. The van der Waals surface area contributed by atoms with Crippen LogP contribution in [0.1, 0.15) is 48.9 Å². The van der Waals surface area contributed by atoms with Gasteiger partial charge in [-0.2, -0.15) is 0 Å². The van der Waals surface area contributed by atoms with Gasteiger partial charge in [0.05, 0.1) is 6.04 Å². The first-order valence-corrected chi connectivity index (χ1v) is 10.7. The average Bonchev–Trinajstić information content (AvgIpc) is 3.53. The van der Waals surface area contributed by atoms with Crippen molar-refractivity contribution in [2.45, 2.75) is 51.3 Å². The molecule has 2 atom stereocenters. The minimum Gasteiger partial charge on any atom is -0.444 e. The molecule has 0 saturated heterocycles. The predicted molar refractivity (Wildman–Crippen MR) is 116 cm³/mol. The van der Waals surface area contributed by atoms with E-state index in [-0.39, 0.29) is 30.4 Å². The van der Waals surface area contributed by atoms with Crippen molar-refractivity contribution in [1.82, 2.24) is 10.6 Å². The Hall–Kier alpha value is -3.35. The molecule has 7 heteroatoms. The number of ether oxygens (including phenoxy) is 1. The topological polar surface area (TPSA) is 96.5 Å². The fraction of sp³-hybridized carbons (Fsp3) is 0.375. The molecule has 2 aliphatic rings. The molecule has 7 nitrogen and oxygen atoms in total. The minimum atomic E-state index is -0.505. The highest BCUT2D eigenvalue weighted by Crippen LogP contribution is 2.35.